The van der Waals surface area contributed by atoms with E-state index in [1.54, 1.807) is 0 Å². The quantitative estimate of drug-likeness (QED) is 0.767. The summed E-state index contributed by atoms with van der Waals surface area (Å²) in [5.74, 6) is 2.59. The maximum atomic E-state index is 11.7. The molecule has 4 heteroatoms. The van der Waals surface area contributed by atoms with E-state index in [1.165, 1.54) is 0 Å². The first-order valence-corrected chi connectivity index (χ1v) is 5.89. The molecule has 1 saturated heterocycles. The van der Waals surface area contributed by atoms with Gasteiger partial charge in [-0.3, -0.25) is 0 Å². The zero-order valence-corrected chi connectivity index (χ0v) is 10.8. The first-order valence-electron chi connectivity index (χ1n) is 5.89. The molecule has 17 heavy (non-hydrogen) atoms. The van der Waals surface area contributed by atoms with Crippen LogP contribution in [-0.4, -0.2) is 30.4 Å². The van der Waals surface area contributed by atoms with Crippen molar-refractivity contribution in [3.05, 3.63) is 0 Å². The van der Waals surface area contributed by atoms with E-state index in [4.69, 9.17) is 15.9 Å². The molecule has 1 rings (SSSR count). The van der Waals surface area contributed by atoms with Gasteiger partial charge in [-0.15, -0.1) is 12.3 Å². The molecule has 1 unspecified atom stereocenters. The molecule has 1 aliphatic heterocycles. The highest BCUT2D eigenvalue weighted by molar-refractivity contribution is 5.68. The topological polar surface area (TPSA) is 47.6 Å². The largest absolute Gasteiger partial charge is 0.444 e. The molecule has 1 N–H and O–H groups in total. The van der Waals surface area contributed by atoms with Gasteiger partial charge in [0.1, 0.15) is 5.60 Å². The van der Waals surface area contributed by atoms with Crippen molar-refractivity contribution < 1.29 is 14.3 Å². The zero-order chi connectivity index (χ0) is 12.9. The highest BCUT2D eigenvalue weighted by Gasteiger charge is 2.37. The van der Waals surface area contributed by atoms with Crippen molar-refractivity contribution >= 4 is 6.09 Å². The SMILES string of the molecule is C#CCCC1(NC(=O)OC(C)(C)C)CCOC1. The number of ether oxygens (including phenoxy) is 2. The van der Waals surface area contributed by atoms with Crippen molar-refractivity contribution in [1.82, 2.24) is 5.32 Å². The second kappa shape index (κ2) is 5.42. The lowest BCUT2D eigenvalue weighted by atomic mass is 9.93. The second-order valence-electron chi connectivity index (χ2n) is 5.41. The molecule has 0 saturated carbocycles. The van der Waals surface area contributed by atoms with Crippen LogP contribution in [0.2, 0.25) is 0 Å². The summed E-state index contributed by atoms with van der Waals surface area (Å²) in [6.07, 6.45) is 7.00. The Morgan fingerprint density at radius 2 is 2.29 bits per heavy atom. The number of terminal acetylenes is 1. The number of carbonyl (C=O) groups is 1. The molecule has 0 radical (unpaired) electrons. The van der Waals surface area contributed by atoms with E-state index in [0.717, 1.165) is 12.8 Å². The highest BCUT2D eigenvalue weighted by atomic mass is 16.6. The molecule has 0 spiro atoms. The summed E-state index contributed by atoms with van der Waals surface area (Å²) < 4.78 is 10.6. The Kier molecular flexibility index (Phi) is 4.41. The van der Waals surface area contributed by atoms with Crippen LogP contribution in [0.25, 0.3) is 0 Å². The van der Waals surface area contributed by atoms with Gasteiger partial charge in [0.15, 0.2) is 0 Å². The minimum Gasteiger partial charge on any atom is -0.444 e. The van der Waals surface area contributed by atoms with E-state index >= 15 is 0 Å². The zero-order valence-electron chi connectivity index (χ0n) is 10.8. The van der Waals surface area contributed by atoms with Crippen LogP contribution in [0.1, 0.15) is 40.0 Å². The van der Waals surface area contributed by atoms with Crippen LogP contribution < -0.4 is 5.32 Å². The first kappa shape index (κ1) is 13.9. The fraction of sp³-hybridized carbons (Fsp3) is 0.769. The van der Waals surface area contributed by atoms with Gasteiger partial charge in [0.25, 0.3) is 0 Å². The summed E-state index contributed by atoms with van der Waals surface area (Å²) >= 11 is 0. The van der Waals surface area contributed by atoms with Gasteiger partial charge < -0.3 is 14.8 Å². The van der Waals surface area contributed by atoms with Crippen molar-refractivity contribution in [2.75, 3.05) is 13.2 Å². The maximum absolute atomic E-state index is 11.7. The maximum Gasteiger partial charge on any atom is 0.408 e. The van der Waals surface area contributed by atoms with Crippen LogP contribution in [-0.2, 0) is 9.47 Å². The molecule has 96 valence electrons. The third kappa shape index (κ3) is 4.66. The van der Waals surface area contributed by atoms with Gasteiger partial charge in [0.2, 0.25) is 0 Å². The van der Waals surface area contributed by atoms with E-state index in [2.05, 4.69) is 11.2 Å². The Hall–Kier alpha value is -1.21. The van der Waals surface area contributed by atoms with Crippen LogP contribution in [0.3, 0.4) is 0 Å². The van der Waals surface area contributed by atoms with E-state index < -0.39 is 11.7 Å². The summed E-state index contributed by atoms with van der Waals surface area (Å²) in [6, 6.07) is 0. The van der Waals surface area contributed by atoms with Gasteiger partial charge in [-0.05, 0) is 33.6 Å². The molecule has 1 amide bonds. The molecular weight excluding hydrogens is 218 g/mol. The minimum absolute atomic E-state index is 0.352. The van der Waals surface area contributed by atoms with E-state index in [9.17, 15) is 4.79 Å². The average Bonchev–Trinajstić information content (AvgIpc) is 2.60. The number of alkyl carbamates (subject to hydrolysis) is 1. The molecule has 1 aliphatic rings. The van der Waals surface area contributed by atoms with Crippen LogP contribution in [0.4, 0.5) is 4.79 Å². The van der Waals surface area contributed by atoms with Gasteiger partial charge in [-0.25, -0.2) is 4.79 Å². The van der Waals surface area contributed by atoms with Gasteiger partial charge in [0, 0.05) is 13.0 Å². The lowest BCUT2D eigenvalue weighted by molar-refractivity contribution is 0.0434. The van der Waals surface area contributed by atoms with Crippen LogP contribution in [0, 0.1) is 12.3 Å². The first-order chi connectivity index (χ1) is 7.87. The fourth-order valence-electron chi connectivity index (χ4n) is 1.80. The van der Waals surface area contributed by atoms with E-state index in [0.29, 0.717) is 19.6 Å². The molecule has 0 bridgehead atoms. The molecular formula is C13H21NO3. The second-order valence-corrected chi connectivity index (χ2v) is 5.41. The van der Waals surface area contributed by atoms with Gasteiger partial charge in [-0.1, -0.05) is 0 Å². The molecule has 1 atom stereocenters. The Balaban J connectivity index is 2.55. The van der Waals surface area contributed by atoms with Crippen molar-refractivity contribution in [2.45, 2.75) is 51.2 Å². The summed E-state index contributed by atoms with van der Waals surface area (Å²) in [5.41, 5.74) is -0.842. The summed E-state index contributed by atoms with van der Waals surface area (Å²) in [5, 5.41) is 2.90. The van der Waals surface area contributed by atoms with Crippen LogP contribution >= 0.6 is 0 Å². The van der Waals surface area contributed by atoms with Crippen molar-refractivity contribution in [3.63, 3.8) is 0 Å². The average molecular weight is 239 g/mol. The van der Waals surface area contributed by atoms with Crippen LogP contribution in [0.5, 0.6) is 0 Å². The molecule has 0 aliphatic carbocycles. The van der Waals surface area contributed by atoms with Crippen LogP contribution in [0.15, 0.2) is 0 Å². The predicted molar refractivity (Wildman–Crippen MR) is 65.6 cm³/mol. The number of carbonyl (C=O) groups excluding carboxylic acids is 1. The molecule has 0 aromatic carbocycles. The summed E-state index contributed by atoms with van der Waals surface area (Å²) in [4.78, 5) is 11.7. The number of hydrogen-bond donors (Lipinski definition) is 1. The normalized spacial score (nSPS) is 24.1. The summed E-state index contributed by atoms with van der Waals surface area (Å²) in [6.45, 7) is 6.68. The predicted octanol–water partition coefficient (Wildman–Crippen LogP) is 2.08. The van der Waals surface area contributed by atoms with E-state index in [1.807, 2.05) is 20.8 Å². The monoisotopic (exact) mass is 239 g/mol. The molecule has 0 aromatic rings. The third-order valence-corrected chi connectivity index (χ3v) is 2.62. The standard InChI is InChI=1S/C13H21NO3/c1-5-6-7-13(8-9-16-10-13)14-11(15)17-12(2,3)4/h1H,6-10H2,2-4H3,(H,14,15). The number of hydrogen-bond acceptors (Lipinski definition) is 3. The number of nitrogens with one attached hydrogen (secondary N) is 1. The van der Waals surface area contributed by atoms with Crippen molar-refractivity contribution in [1.29, 1.82) is 0 Å². The lowest BCUT2D eigenvalue weighted by Gasteiger charge is -2.30. The Morgan fingerprint density at radius 3 is 2.76 bits per heavy atom. The Morgan fingerprint density at radius 1 is 1.59 bits per heavy atom. The Labute approximate surface area is 103 Å². The van der Waals surface area contributed by atoms with Gasteiger partial charge in [-0.2, -0.15) is 0 Å². The molecule has 1 heterocycles. The molecule has 1 fully saturated rings. The molecule has 4 nitrogen and oxygen atoms in total. The molecule has 0 aromatic heterocycles. The third-order valence-electron chi connectivity index (χ3n) is 2.62. The van der Waals surface area contributed by atoms with Gasteiger partial charge in [0.05, 0.1) is 12.1 Å². The number of rotatable bonds is 3. The Bertz CT molecular complexity index is 306. The smallest absolute Gasteiger partial charge is 0.408 e. The van der Waals surface area contributed by atoms with Gasteiger partial charge >= 0.3 is 6.09 Å². The highest BCUT2D eigenvalue weighted by Crippen LogP contribution is 2.24. The minimum atomic E-state index is -0.489. The van der Waals surface area contributed by atoms with Crippen molar-refractivity contribution in [3.8, 4) is 12.3 Å². The fourth-order valence-corrected chi connectivity index (χ4v) is 1.80. The summed E-state index contributed by atoms with van der Waals surface area (Å²) in [7, 11) is 0. The lowest BCUT2D eigenvalue weighted by Crippen LogP contribution is -2.50. The van der Waals surface area contributed by atoms with E-state index in [-0.39, 0.29) is 5.54 Å². The number of amides is 1. The van der Waals surface area contributed by atoms with Crippen molar-refractivity contribution in [2.24, 2.45) is 0 Å².